The van der Waals surface area contributed by atoms with Crippen LogP contribution in [0.4, 0.5) is 5.69 Å². The molecule has 0 saturated heterocycles. The Morgan fingerprint density at radius 3 is 2.56 bits per heavy atom. The predicted octanol–water partition coefficient (Wildman–Crippen LogP) is 3.25. The molecular formula is C25H27N3O4S2. The molecule has 0 saturated carbocycles. The van der Waals surface area contributed by atoms with Gasteiger partial charge in [-0.15, -0.1) is 11.3 Å². The predicted molar refractivity (Wildman–Crippen MR) is 133 cm³/mol. The van der Waals surface area contributed by atoms with Crippen molar-refractivity contribution in [3.8, 4) is 0 Å². The highest BCUT2D eigenvalue weighted by molar-refractivity contribution is 7.89. The minimum atomic E-state index is -3.99. The molecule has 34 heavy (non-hydrogen) atoms. The van der Waals surface area contributed by atoms with Gasteiger partial charge in [-0.2, -0.15) is 4.72 Å². The summed E-state index contributed by atoms with van der Waals surface area (Å²) in [6, 6.07) is 16.9. The number of benzene rings is 2. The minimum Gasteiger partial charge on any atom is -0.350 e. The molecule has 0 fully saturated rings. The monoisotopic (exact) mass is 497 g/mol. The number of sulfonamides is 1. The summed E-state index contributed by atoms with van der Waals surface area (Å²) < 4.78 is 29.2. The Bertz CT molecular complexity index is 1270. The van der Waals surface area contributed by atoms with Crippen LogP contribution in [0.5, 0.6) is 0 Å². The van der Waals surface area contributed by atoms with E-state index in [1.54, 1.807) is 17.0 Å². The van der Waals surface area contributed by atoms with Gasteiger partial charge in [0.15, 0.2) is 0 Å². The van der Waals surface area contributed by atoms with Crippen LogP contribution >= 0.6 is 11.3 Å². The fraction of sp³-hybridized carbons (Fsp3) is 0.280. The summed E-state index contributed by atoms with van der Waals surface area (Å²) >= 11 is 1.52. The number of thiophene rings is 1. The number of hydrogen-bond acceptors (Lipinski definition) is 5. The van der Waals surface area contributed by atoms with Crippen LogP contribution < -0.4 is 14.9 Å². The molecule has 0 bridgehead atoms. The van der Waals surface area contributed by atoms with Gasteiger partial charge in [0.05, 0.1) is 11.4 Å². The highest BCUT2D eigenvalue weighted by Gasteiger charge is 2.31. The lowest BCUT2D eigenvalue weighted by Gasteiger charge is -2.21. The molecule has 178 valence electrons. The molecule has 1 aliphatic heterocycles. The molecule has 1 aromatic heterocycles. The third kappa shape index (κ3) is 5.38. The number of hydrogen-bond donors (Lipinski definition) is 2. The van der Waals surface area contributed by atoms with E-state index in [1.165, 1.54) is 24.3 Å². The van der Waals surface area contributed by atoms with Crippen molar-refractivity contribution < 1.29 is 18.0 Å². The van der Waals surface area contributed by atoms with Crippen LogP contribution in [0.3, 0.4) is 0 Å². The summed E-state index contributed by atoms with van der Waals surface area (Å²) in [4.78, 5) is 27.8. The van der Waals surface area contributed by atoms with Crippen molar-refractivity contribution in [2.45, 2.75) is 50.2 Å². The van der Waals surface area contributed by atoms with Crippen molar-refractivity contribution >= 4 is 38.9 Å². The number of carbonyl (C=O) groups is 2. The molecule has 2 atom stereocenters. The zero-order valence-electron chi connectivity index (χ0n) is 19.0. The van der Waals surface area contributed by atoms with Gasteiger partial charge in [-0.1, -0.05) is 36.4 Å². The Morgan fingerprint density at radius 2 is 1.88 bits per heavy atom. The highest BCUT2D eigenvalue weighted by Crippen LogP contribution is 2.34. The molecule has 2 aromatic carbocycles. The van der Waals surface area contributed by atoms with E-state index in [0.717, 1.165) is 21.7 Å². The number of nitrogens with one attached hydrogen (secondary N) is 2. The molecule has 2 heterocycles. The molecule has 1 aliphatic rings. The maximum atomic E-state index is 13.3. The van der Waals surface area contributed by atoms with E-state index in [-0.39, 0.29) is 23.3 Å². The van der Waals surface area contributed by atoms with Gasteiger partial charge in [0.1, 0.15) is 6.04 Å². The first-order chi connectivity index (χ1) is 16.2. The Hall–Kier alpha value is -3.01. The van der Waals surface area contributed by atoms with Gasteiger partial charge in [-0.05, 0) is 60.5 Å². The van der Waals surface area contributed by atoms with Crippen LogP contribution in [-0.4, -0.2) is 32.3 Å². The average Bonchev–Trinajstić information content (AvgIpc) is 3.43. The zero-order valence-corrected chi connectivity index (χ0v) is 20.7. The summed E-state index contributed by atoms with van der Waals surface area (Å²) in [5, 5.41) is 4.77. The SMILES string of the molecule is CC(=O)N1c2ccc(S(=O)(=O)N[C@H](Cc3ccccc3)C(=O)NCc3cccs3)cc2C[C@@H]1C. The number of anilines is 1. The van der Waals surface area contributed by atoms with E-state index in [4.69, 9.17) is 0 Å². The summed E-state index contributed by atoms with van der Waals surface area (Å²) in [7, 11) is -3.99. The number of carbonyl (C=O) groups excluding carboxylic acids is 2. The number of fused-ring (bicyclic) bond motifs is 1. The van der Waals surface area contributed by atoms with Gasteiger partial charge >= 0.3 is 0 Å². The van der Waals surface area contributed by atoms with Gasteiger partial charge in [-0.3, -0.25) is 9.59 Å². The van der Waals surface area contributed by atoms with E-state index in [0.29, 0.717) is 13.0 Å². The average molecular weight is 498 g/mol. The Kier molecular flexibility index (Phi) is 7.16. The number of rotatable bonds is 8. The zero-order chi connectivity index (χ0) is 24.3. The molecular weight excluding hydrogens is 470 g/mol. The van der Waals surface area contributed by atoms with Crippen LogP contribution in [0.15, 0.2) is 70.9 Å². The first-order valence-corrected chi connectivity index (χ1v) is 13.4. The van der Waals surface area contributed by atoms with E-state index in [9.17, 15) is 18.0 Å². The van der Waals surface area contributed by atoms with Crippen molar-refractivity contribution in [1.29, 1.82) is 0 Å². The van der Waals surface area contributed by atoms with Gasteiger partial charge in [0.2, 0.25) is 21.8 Å². The van der Waals surface area contributed by atoms with Crippen molar-refractivity contribution in [1.82, 2.24) is 10.0 Å². The van der Waals surface area contributed by atoms with Crippen molar-refractivity contribution in [2.24, 2.45) is 0 Å². The summed E-state index contributed by atoms with van der Waals surface area (Å²) in [6.45, 7) is 3.77. The quantitative estimate of drug-likeness (QED) is 0.499. The molecule has 0 spiro atoms. The van der Waals surface area contributed by atoms with Crippen LogP contribution in [0.2, 0.25) is 0 Å². The van der Waals surface area contributed by atoms with Crippen LogP contribution in [0.1, 0.15) is 29.9 Å². The largest absolute Gasteiger partial charge is 0.350 e. The van der Waals surface area contributed by atoms with Crippen LogP contribution in [0, 0.1) is 0 Å². The van der Waals surface area contributed by atoms with Gasteiger partial charge in [0, 0.05) is 23.5 Å². The first-order valence-electron chi connectivity index (χ1n) is 11.0. The van der Waals surface area contributed by atoms with Crippen LogP contribution in [-0.2, 0) is 39.0 Å². The molecule has 9 heteroatoms. The molecule has 0 aliphatic carbocycles. The highest BCUT2D eigenvalue weighted by atomic mass is 32.2. The summed E-state index contributed by atoms with van der Waals surface area (Å²) in [6.07, 6.45) is 0.795. The third-order valence-electron chi connectivity index (χ3n) is 5.83. The lowest BCUT2D eigenvalue weighted by atomic mass is 10.1. The fourth-order valence-electron chi connectivity index (χ4n) is 4.26. The minimum absolute atomic E-state index is 0.0349. The van der Waals surface area contributed by atoms with Crippen molar-refractivity contribution in [2.75, 3.05) is 4.90 Å². The topological polar surface area (TPSA) is 95.6 Å². The lowest BCUT2D eigenvalue weighted by molar-refractivity contribution is -0.122. The van der Waals surface area contributed by atoms with E-state index in [2.05, 4.69) is 10.0 Å². The second-order valence-electron chi connectivity index (χ2n) is 8.39. The molecule has 7 nitrogen and oxygen atoms in total. The molecule has 3 aromatic rings. The number of nitrogens with zero attached hydrogens (tertiary/aromatic N) is 1. The molecule has 0 radical (unpaired) electrons. The van der Waals surface area contributed by atoms with E-state index < -0.39 is 22.0 Å². The maximum absolute atomic E-state index is 13.3. The maximum Gasteiger partial charge on any atom is 0.241 e. The fourth-order valence-corrected chi connectivity index (χ4v) is 6.15. The molecule has 2 N–H and O–H groups in total. The smallest absolute Gasteiger partial charge is 0.241 e. The number of amides is 2. The second kappa shape index (κ2) is 10.1. The van der Waals surface area contributed by atoms with E-state index in [1.807, 2.05) is 54.8 Å². The second-order valence-corrected chi connectivity index (χ2v) is 11.1. The van der Waals surface area contributed by atoms with Crippen LogP contribution in [0.25, 0.3) is 0 Å². The molecule has 4 rings (SSSR count). The van der Waals surface area contributed by atoms with Gasteiger partial charge in [0.25, 0.3) is 0 Å². The van der Waals surface area contributed by atoms with Crippen molar-refractivity contribution in [3.05, 3.63) is 82.0 Å². The molecule has 2 amide bonds. The van der Waals surface area contributed by atoms with Crippen molar-refractivity contribution in [3.63, 3.8) is 0 Å². The Morgan fingerprint density at radius 1 is 1.12 bits per heavy atom. The van der Waals surface area contributed by atoms with Gasteiger partial charge < -0.3 is 10.2 Å². The van der Waals surface area contributed by atoms with Gasteiger partial charge in [-0.25, -0.2) is 8.42 Å². The summed E-state index contributed by atoms with van der Waals surface area (Å²) in [5.74, 6) is -0.469. The first kappa shape index (κ1) is 24.1. The standard InChI is InChI=1S/C25H27N3O4S2/c1-17-13-20-15-22(10-11-24(20)28(17)18(2)29)34(31,32)27-23(14-19-7-4-3-5-8-19)25(30)26-16-21-9-6-12-33-21/h3-12,15,17,23,27H,13-14,16H2,1-2H3,(H,26,30)/t17-,23+/m0/s1. The van der Waals surface area contributed by atoms with E-state index >= 15 is 0 Å². The summed E-state index contributed by atoms with van der Waals surface area (Å²) in [5.41, 5.74) is 2.38. The Balaban J connectivity index is 1.56. The third-order valence-corrected chi connectivity index (χ3v) is 8.18. The Labute approximate surface area is 203 Å². The normalized spacial score (nSPS) is 16.2. The molecule has 0 unspecified atom stereocenters. The lowest BCUT2D eigenvalue weighted by Crippen LogP contribution is -2.47.